The Balaban J connectivity index is 4.25. The van der Waals surface area contributed by atoms with Gasteiger partial charge in [0.1, 0.15) is 13.2 Å². The zero-order chi connectivity index (χ0) is 44.5. The van der Waals surface area contributed by atoms with Crippen LogP contribution in [0.15, 0.2) is 0 Å². The third-order valence-electron chi connectivity index (χ3n) is 12.9. The van der Waals surface area contributed by atoms with Crippen LogP contribution in [0, 0.1) is 5.92 Å². The highest BCUT2D eigenvalue weighted by atomic mass is 16.6. The fourth-order valence-corrected chi connectivity index (χ4v) is 8.36. The van der Waals surface area contributed by atoms with Crippen LogP contribution in [0.5, 0.6) is 0 Å². The van der Waals surface area contributed by atoms with E-state index < -0.39 is 6.10 Å². The van der Waals surface area contributed by atoms with Gasteiger partial charge in [-0.05, 0) is 25.2 Å². The van der Waals surface area contributed by atoms with Gasteiger partial charge in [0.25, 0.3) is 0 Å². The SMILES string of the molecule is CCCCCCCCCCCCCCCCCCCCCC(=O)OC[C@H](COC(=O)CCCCCCCCCCC(C)CC)OC(=O)CCCCCCCCCCCCCC. The predicted molar refractivity (Wildman–Crippen MR) is 261 cm³/mol. The van der Waals surface area contributed by atoms with E-state index in [4.69, 9.17) is 14.2 Å². The Hall–Kier alpha value is -1.59. The summed E-state index contributed by atoms with van der Waals surface area (Å²) in [6.45, 7) is 9.04. The van der Waals surface area contributed by atoms with Gasteiger partial charge in [0.15, 0.2) is 6.10 Å². The maximum atomic E-state index is 12.8. The quantitative estimate of drug-likeness (QED) is 0.0344. The first kappa shape index (κ1) is 59.4. The van der Waals surface area contributed by atoms with E-state index in [1.807, 2.05) is 0 Å². The minimum Gasteiger partial charge on any atom is -0.462 e. The molecule has 0 fully saturated rings. The Morgan fingerprint density at radius 3 is 0.852 bits per heavy atom. The molecule has 0 radical (unpaired) electrons. The molecular weight excluding hydrogens is 757 g/mol. The highest BCUT2D eigenvalue weighted by Crippen LogP contribution is 2.18. The van der Waals surface area contributed by atoms with Crippen molar-refractivity contribution < 1.29 is 28.6 Å². The number of hydrogen-bond donors (Lipinski definition) is 0. The highest BCUT2D eigenvalue weighted by Gasteiger charge is 2.19. The molecular formula is C55H106O6. The van der Waals surface area contributed by atoms with E-state index in [-0.39, 0.29) is 31.1 Å². The van der Waals surface area contributed by atoms with Crippen molar-refractivity contribution in [1.29, 1.82) is 0 Å². The summed E-state index contributed by atoms with van der Waals surface area (Å²) in [5.41, 5.74) is 0. The lowest BCUT2D eigenvalue weighted by molar-refractivity contribution is -0.167. The van der Waals surface area contributed by atoms with E-state index in [1.54, 1.807) is 0 Å². The number of esters is 3. The van der Waals surface area contributed by atoms with E-state index in [0.717, 1.165) is 63.7 Å². The maximum Gasteiger partial charge on any atom is 0.306 e. The number of carbonyl (C=O) groups is 3. The lowest BCUT2D eigenvalue weighted by Gasteiger charge is -2.18. The van der Waals surface area contributed by atoms with Crippen molar-refractivity contribution in [3.63, 3.8) is 0 Å². The summed E-state index contributed by atoms with van der Waals surface area (Å²) < 4.78 is 16.8. The molecule has 0 amide bonds. The summed E-state index contributed by atoms with van der Waals surface area (Å²) in [7, 11) is 0. The van der Waals surface area contributed by atoms with Gasteiger partial charge in [-0.25, -0.2) is 0 Å². The lowest BCUT2D eigenvalue weighted by Crippen LogP contribution is -2.30. The van der Waals surface area contributed by atoms with Gasteiger partial charge in [-0.3, -0.25) is 14.4 Å². The summed E-state index contributed by atoms with van der Waals surface area (Å²) >= 11 is 0. The number of unbranched alkanes of at least 4 members (excludes halogenated alkanes) is 36. The monoisotopic (exact) mass is 863 g/mol. The molecule has 362 valence electrons. The van der Waals surface area contributed by atoms with Crippen LogP contribution >= 0.6 is 0 Å². The molecule has 2 atom stereocenters. The summed E-state index contributed by atoms with van der Waals surface area (Å²) in [5, 5.41) is 0. The first-order valence-corrected chi connectivity index (χ1v) is 27.4. The number of carbonyl (C=O) groups excluding carboxylic acids is 3. The van der Waals surface area contributed by atoms with Gasteiger partial charge < -0.3 is 14.2 Å². The first-order chi connectivity index (χ1) is 29.9. The van der Waals surface area contributed by atoms with Crippen LogP contribution < -0.4 is 0 Å². The van der Waals surface area contributed by atoms with Crippen molar-refractivity contribution in [3.8, 4) is 0 Å². The van der Waals surface area contributed by atoms with Crippen molar-refractivity contribution in [3.05, 3.63) is 0 Å². The van der Waals surface area contributed by atoms with Gasteiger partial charge in [-0.1, -0.05) is 272 Å². The van der Waals surface area contributed by atoms with Crippen molar-refractivity contribution in [2.75, 3.05) is 13.2 Å². The second-order valence-electron chi connectivity index (χ2n) is 19.1. The average Bonchev–Trinajstić information content (AvgIpc) is 3.26. The molecule has 0 rings (SSSR count). The van der Waals surface area contributed by atoms with Gasteiger partial charge in [0.05, 0.1) is 0 Å². The van der Waals surface area contributed by atoms with Crippen LogP contribution in [0.3, 0.4) is 0 Å². The number of ether oxygens (including phenoxy) is 3. The molecule has 0 saturated carbocycles. The Kier molecular flexibility index (Phi) is 48.1. The van der Waals surface area contributed by atoms with Gasteiger partial charge >= 0.3 is 17.9 Å². The minimum absolute atomic E-state index is 0.0627. The molecule has 6 nitrogen and oxygen atoms in total. The molecule has 6 heteroatoms. The molecule has 0 aromatic rings. The first-order valence-electron chi connectivity index (χ1n) is 27.4. The normalized spacial score (nSPS) is 12.4. The standard InChI is InChI=1S/C55H106O6/c1-5-8-10-12-14-16-18-20-21-22-23-24-25-26-28-29-34-38-42-46-53(56)59-49-52(61-55(58)48-44-40-36-30-27-19-17-15-13-11-9-6-2)50-60-54(57)47-43-39-35-32-31-33-37-41-45-51(4)7-3/h51-52H,5-50H2,1-4H3/t51?,52-/m1/s1. The minimum atomic E-state index is -0.761. The zero-order valence-electron chi connectivity index (χ0n) is 41.6. The third-order valence-corrected chi connectivity index (χ3v) is 12.9. The van der Waals surface area contributed by atoms with Gasteiger partial charge in [0.2, 0.25) is 0 Å². The van der Waals surface area contributed by atoms with Crippen molar-refractivity contribution in [2.45, 2.75) is 316 Å². The molecule has 0 spiro atoms. The van der Waals surface area contributed by atoms with Crippen molar-refractivity contribution in [1.82, 2.24) is 0 Å². The fraction of sp³-hybridized carbons (Fsp3) is 0.945. The van der Waals surface area contributed by atoms with Crippen LogP contribution in [-0.4, -0.2) is 37.2 Å². The number of rotatable bonds is 50. The maximum absolute atomic E-state index is 12.8. The van der Waals surface area contributed by atoms with Crippen LogP contribution in [-0.2, 0) is 28.6 Å². The molecule has 0 heterocycles. The third kappa shape index (κ3) is 47.7. The molecule has 0 aromatic carbocycles. The smallest absolute Gasteiger partial charge is 0.306 e. The number of hydrogen-bond acceptors (Lipinski definition) is 6. The van der Waals surface area contributed by atoms with E-state index in [2.05, 4.69) is 27.7 Å². The largest absolute Gasteiger partial charge is 0.462 e. The Morgan fingerprint density at radius 2 is 0.574 bits per heavy atom. The molecule has 0 bridgehead atoms. The van der Waals surface area contributed by atoms with Crippen LogP contribution in [0.4, 0.5) is 0 Å². The fourth-order valence-electron chi connectivity index (χ4n) is 8.36. The molecule has 0 aliphatic heterocycles. The van der Waals surface area contributed by atoms with Crippen molar-refractivity contribution in [2.24, 2.45) is 5.92 Å². The Morgan fingerprint density at radius 1 is 0.328 bits per heavy atom. The highest BCUT2D eigenvalue weighted by molar-refractivity contribution is 5.71. The summed E-state index contributed by atoms with van der Waals surface area (Å²) in [6.07, 6.45) is 52.3. The van der Waals surface area contributed by atoms with Crippen molar-refractivity contribution >= 4 is 17.9 Å². The molecule has 0 N–H and O–H groups in total. The van der Waals surface area contributed by atoms with E-state index >= 15 is 0 Å². The molecule has 0 saturated heterocycles. The Bertz CT molecular complexity index is 920. The van der Waals surface area contributed by atoms with E-state index in [9.17, 15) is 14.4 Å². The molecule has 0 aliphatic carbocycles. The molecule has 61 heavy (non-hydrogen) atoms. The summed E-state index contributed by atoms with van der Waals surface area (Å²) in [6, 6.07) is 0. The average molecular weight is 863 g/mol. The molecule has 1 unspecified atom stereocenters. The topological polar surface area (TPSA) is 78.9 Å². The second-order valence-corrected chi connectivity index (χ2v) is 19.1. The van der Waals surface area contributed by atoms with Crippen LogP contribution in [0.25, 0.3) is 0 Å². The van der Waals surface area contributed by atoms with Gasteiger partial charge in [-0.2, -0.15) is 0 Å². The lowest BCUT2D eigenvalue weighted by atomic mass is 9.99. The molecule has 0 aromatic heterocycles. The van der Waals surface area contributed by atoms with E-state index in [1.165, 1.54) is 205 Å². The predicted octanol–water partition coefficient (Wildman–Crippen LogP) is 17.8. The summed E-state index contributed by atoms with van der Waals surface area (Å²) in [5.74, 6) is 0.00502. The van der Waals surface area contributed by atoms with Gasteiger partial charge in [0, 0.05) is 19.3 Å². The van der Waals surface area contributed by atoms with Gasteiger partial charge in [-0.15, -0.1) is 0 Å². The summed E-state index contributed by atoms with van der Waals surface area (Å²) in [4.78, 5) is 38.0. The molecule has 0 aliphatic rings. The van der Waals surface area contributed by atoms with Crippen LogP contribution in [0.2, 0.25) is 0 Å². The Labute approximate surface area is 380 Å². The zero-order valence-corrected chi connectivity index (χ0v) is 41.6. The van der Waals surface area contributed by atoms with Crippen LogP contribution in [0.1, 0.15) is 310 Å². The second kappa shape index (κ2) is 49.4. The van der Waals surface area contributed by atoms with E-state index in [0.29, 0.717) is 19.3 Å².